The van der Waals surface area contributed by atoms with E-state index in [1.54, 1.807) is 0 Å². The van der Waals surface area contributed by atoms with Crippen molar-refractivity contribution in [2.45, 2.75) is 4.90 Å². The number of amides is 3. The van der Waals surface area contributed by atoms with Crippen LogP contribution in [0.3, 0.4) is 0 Å². The number of nitrogens with one attached hydrogen (secondary N) is 2. The first kappa shape index (κ1) is 19.5. The molecule has 1 aliphatic rings. The number of hydrogen-bond acceptors (Lipinski definition) is 6. The molecule has 1 aliphatic heterocycles. The fourth-order valence-corrected chi connectivity index (χ4v) is 3.18. The van der Waals surface area contributed by atoms with Gasteiger partial charge in [0.05, 0.1) is 5.56 Å². The zero-order chi connectivity index (χ0) is 19.3. The summed E-state index contributed by atoms with van der Waals surface area (Å²) in [6, 6.07) is 2.04. The van der Waals surface area contributed by atoms with Gasteiger partial charge in [-0.1, -0.05) is 6.08 Å². The smallest absolute Gasteiger partial charge is 0.338 e. The molecule has 0 radical (unpaired) electrons. The van der Waals surface area contributed by atoms with Gasteiger partial charge in [0, 0.05) is 19.6 Å². The van der Waals surface area contributed by atoms with E-state index in [1.165, 1.54) is 6.08 Å². The Labute approximate surface area is 148 Å². The molecule has 1 fully saturated rings. The Bertz CT molecular complexity index is 855. The van der Waals surface area contributed by atoms with Gasteiger partial charge in [-0.3, -0.25) is 9.69 Å². The van der Waals surface area contributed by atoms with Crippen LogP contribution in [0.2, 0.25) is 0 Å². The summed E-state index contributed by atoms with van der Waals surface area (Å²) in [6.07, 6.45) is 1.27. The molecule has 1 aromatic rings. The Morgan fingerprint density at radius 1 is 1.42 bits per heavy atom. The minimum atomic E-state index is -4.19. The number of rotatable bonds is 7. The van der Waals surface area contributed by atoms with Crippen molar-refractivity contribution < 1.29 is 31.9 Å². The molecule has 26 heavy (non-hydrogen) atoms. The van der Waals surface area contributed by atoms with Gasteiger partial charge in [0.15, 0.2) is 6.61 Å². The highest BCUT2D eigenvalue weighted by Gasteiger charge is 2.27. The number of urea groups is 1. The van der Waals surface area contributed by atoms with Crippen molar-refractivity contribution in [2.75, 3.05) is 26.2 Å². The van der Waals surface area contributed by atoms with Crippen LogP contribution in [0.15, 0.2) is 35.7 Å². The number of sulfonamides is 1. The summed E-state index contributed by atoms with van der Waals surface area (Å²) in [7, 11) is -4.19. The number of ether oxygens (including phenoxy) is 1. The molecule has 2 rings (SSSR count). The van der Waals surface area contributed by atoms with Gasteiger partial charge in [-0.15, -0.1) is 6.58 Å². The predicted molar refractivity (Wildman–Crippen MR) is 87.2 cm³/mol. The summed E-state index contributed by atoms with van der Waals surface area (Å²) in [5.41, 5.74) is -0.260. The Balaban J connectivity index is 2.09. The minimum absolute atomic E-state index is 0.122. The normalized spacial score (nSPS) is 14.0. The number of hydrogen-bond donors (Lipinski definition) is 2. The van der Waals surface area contributed by atoms with E-state index in [-0.39, 0.29) is 18.7 Å². The standard InChI is InChI=1S/C15H16FN3O6S/c1-2-5-18-26(23,24)12-8-10(3-4-11(12)16)14(21)25-9-13(20)19-7-6-17-15(19)22/h2-4,8,18H,1,5-7,9H2,(H,17,22). The van der Waals surface area contributed by atoms with Crippen LogP contribution in [0, 0.1) is 5.82 Å². The molecule has 0 atom stereocenters. The Kier molecular flexibility index (Phi) is 6.05. The molecule has 0 saturated carbocycles. The van der Waals surface area contributed by atoms with Crippen LogP contribution in [0.1, 0.15) is 10.4 Å². The molecule has 0 bridgehead atoms. The van der Waals surface area contributed by atoms with Crippen molar-refractivity contribution in [3.05, 3.63) is 42.2 Å². The topological polar surface area (TPSA) is 122 Å². The highest BCUT2D eigenvalue weighted by atomic mass is 32.2. The molecule has 2 N–H and O–H groups in total. The number of benzene rings is 1. The molecule has 1 aromatic carbocycles. The average Bonchev–Trinajstić information content (AvgIpc) is 3.04. The molecule has 140 valence electrons. The molecule has 11 heteroatoms. The Morgan fingerprint density at radius 3 is 2.77 bits per heavy atom. The zero-order valence-electron chi connectivity index (χ0n) is 13.5. The minimum Gasteiger partial charge on any atom is -0.452 e. The van der Waals surface area contributed by atoms with E-state index in [2.05, 4.69) is 16.6 Å². The van der Waals surface area contributed by atoms with Crippen LogP contribution in [-0.4, -0.2) is 57.5 Å². The lowest BCUT2D eigenvalue weighted by Gasteiger charge is -2.12. The molecule has 0 spiro atoms. The summed E-state index contributed by atoms with van der Waals surface area (Å²) in [4.78, 5) is 35.3. The van der Waals surface area contributed by atoms with E-state index in [1.807, 2.05) is 0 Å². The maximum Gasteiger partial charge on any atom is 0.338 e. The van der Waals surface area contributed by atoms with Gasteiger partial charge in [0.2, 0.25) is 10.0 Å². The van der Waals surface area contributed by atoms with Crippen LogP contribution >= 0.6 is 0 Å². The molecule has 0 aliphatic carbocycles. The molecular weight excluding hydrogens is 369 g/mol. The molecule has 3 amide bonds. The number of carbonyl (C=O) groups is 3. The number of nitrogens with zero attached hydrogens (tertiary/aromatic N) is 1. The number of esters is 1. The summed E-state index contributed by atoms with van der Waals surface area (Å²) in [6.45, 7) is 2.97. The fourth-order valence-electron chi connectivity index (χ4n) is 2.08. The zero-order valence-corrected chi connectivity index (χ0v) is 14.3. The van der Waals surface area contributed by atoms with E-state index >= 15 is 0 Å². The number of halogens is 1. The average molecular weight is 385 g/mol. The van der Waals surface area contributed by atoms with Crippen LogP contribution in [0.25, 0.3) is 0 Å². The lowest BCUT2D eigenvalue weighted by molar-refractivity contribution is -0.130. The largest absolute Gasteiger partial charge is 0.452 e. The van der Waals surface area contributed by atoms with Gasteiger partial charge in [-0.2, -0.15) is 0 Å². The van der Waals surface area contributed by atoms with Gasteiger partial charge >= 0.3 is 12.0 Å². The van der Waals surface area contributed by atoms with Crippen molar-refractivity contribution in [1.29, 1.82) is 0 Å². The predicted octanol–water partition coefficient (Wildman–Crippen LogP) is -0.00140. The first-order valence-corrected chi connectivity index (χ1v) is 8.90. The van der Waals surface area contributed by atoms with Gasteiger partial charge in [0.1, 0.15) is 10.7 Å². The quantitative estimate of drug-likeness (QED) is 0.503. The fraction of sp³-hybridized carbons (Fsp3) is 0.267. The summed E-state index contributed by atoms with van der Waals surface area (Å²) < 4.78 is 44.7. The van der Waals surface area contributed by atoms with Crippen molar-refractivity contribution in [1.82, 2.24) is 14.9 Å². The second-order valence-electron chi connectivity index (χ2n) is 5.14. The summed E-state index contributed by atoms with van der Waals surface area (Å²) in [5.74, 6) is -2.81. The van der Waals surface area contributed by atoms with E-state index in [0.29, 0.717) is 6.54 Å². The Morgan fingerprint density at radius 2 is 2.15 bits per heavy atom. The third-order valence-electron chi connectivity index (χ3n) is 3.36. The van der Waals surface area contributed by atoms with Crippen LogP contribution in [-0.2, 0) is 19.6 Å². The molecule has 0 unspecified atom stereocenters. The van der Waals surface area contributed by atoms with Gasteiger partial charge < -0.3 is 10.1 Å². The Hall–Kier alpha value is -2.79. The molecule has 0 aromatic heterocycles. The summed E-state index contributed by atoms with van der Waals surface area (Å²) in [5, 5.41) is 2.42. The first-order valence-electron chi connectivity index (χ1n) is 7.41. The van der Waals surface area contributed by atoms with Crippen LogP contribution in [0.5, 0.6) is 0 Å². The number of carbonyl (C=O) groups excluding carboxylic acids is 3. The lowest BCUT2D eigenvalue weighted by atomic mass is 10.2. The molecule has 9 nitrogen and oxygen atoms in total. The monoisotopic (exact) mass is 385 g/mol. The van der Waals surface area contributed by atoms with E-state index in [9.17, 15) is 27.2 Å². The maximum atomic E-state index is 13.8. The van der Waals surface area contributed by atoms with E-state index in [0.717, 1.165) is 23.1 Å². The van der Waals surface area contributed by atoms with Crippen molar-refractivity contribution in [3.8, 4) is 0 Å². The number of imide groups is 1. The van der Waals surface area contributed by atoms with Gasteiger partial charge in [-0.05, 0) is 18.2 Å². The molecule has 1 heterocycles. The van der Waals surface area contributed by atoms with Gasteiger partial charge in [0.25, 0.3) is 5.91 Å². The maximum absolute atomic E-state index is 13.8. The third-order valence-corrected chi connectivity index (χ3v) is 4.80. The first-order chi connectivity index (χ1) is 12.3. The second kappa shape index (κ2) is 8.06. The SMILES string of the molecule is C=CCNS(=O)(=O)c1cc(C(=O)OCC(=O)N2CCNC2=O)ccc1F. The third kappa shape index (κ3) is 4.43. The highest BCUT2D eigenvalue weighted by Crippen LogP contribution is 2.17. The van der Waals surface area contributed by atoms with Crippen molar-refractivity contribution >= 4 is 27.9 Å². The second-order valence-corrected chi connectivity index (χ2v) is 6.87. The molecule has 1 saturated heterocycles. The van der Waals surface area contributed by atoms with Gasteiger partial charge in [-0.25, -0.2) is 27.1 Å². The summed E-state index contributed by atoms with van der Waals surface area (Å²) >= 11 is 0. The van der Waals surface area contributed by atoms with Crippen LogP contribution < -0.4 is 10.0 Å². The highest BCUT2D eigenvalue weighted by molar-refractivity contribution is 7.89. The van der Waals surface area contributed by atoms with E-state index in [4.69, 9.17) is 4.74 Å². The molecular formula is C15H16FN3O6S. The van der Waals surface area contributed by atoms with E-state index < -0.39 is 45.3 Å². The van der Waals surface area contributed by atoms with Crippen molar-refractivity contribution in [2.24, 2.45) is 0 Å². The van der Waals surface area contributed by atoms with Crippen LogP contribution in [0.4, 0.5) is 9.18 Å². The van der Waals surface area contributed by atoms with Crippen molar-refractivity contribution in [3.63, 3.8) is 0 Å². The lowest BCUT2D eigenvalue weighted by Crippen LogP contribution is -2.37.